The van der Waals surface area contributed by atoms with Crippen LogP contribution >= 0.6 is 11.8 Å². The molecule has 0 atom stereocenters. The van der Waals surface area contributed by atoms with Crippen LogP contribution in [0, 0.1) is 0 Å². The van der Waals surface area contributed by atoms with Gasteiger partial charge in [-0.25, -0.2) is 8.78 Å². The lowest BCUT2D eigenvalue weighted by Crippen LogP contribution is -2.15. The number of carbonyl (C=O) groups excluding carboxylic acids is 1. The van der Waals surface area contributed by atoms with Crippen LogP contribution in [0.3, 0.4) is 0 Å². The maximum Gasteiger partial charge on any atom is 0.248 e. The minimum Gasteiger partial charge on any atom is -0.288 e. The van der Waals surface area contributed by atoms with E-state index in [9.17, 15) is 13.6 Å². The molecule has 0 aromatic heterocycles. The Bertz CT molecular complexity index is 136. The second-order valence-corrected chi connectivity index (χ2v) is 3.57. The van der Waals surface area contributed by atoms with E-state index in [0.717, 1.165) is 11.8 Å². The van der Waals surface area contributed by atoms with Crippen molar-refractivity contribution >= 4 is 16.9 Å². The minimum absolute atomic E-state index is 0.100. The zero-order valence-electron chi connectivity index (χ0n) is 6.69. The van der Waals surface area contributed by atoms with E-state index in [1.54, 1.807) is 0 Å². The van der Waals surface area contributed by atoms with Crippen molar-refractivity contribution in [2.45, 2.75) is 32.6 Å². The lowest BCUT2D eigenvalue weighted by atomic mass is 10.2. The monoisotopic (exact) mass is 182 g/mol. The Morgan fingerprint density at radius 1 is 1.55 bits per heavy atom. The Morgan fingerprint density at radius 2 is 2.09 bits per heavy atom. The lowest BCUT2D eigenvalue weighted by Gasteiger charge is -2.11. The quantitative estimate of drug-likeness (QED) is 0.665. The summed E-state index contributed by atoms with van der Waals surface area (Å²) in [6.07, 6.45) is -0.348. The molecule has 0 rings (SSSR count). The Hall–Kier alpha value is -0.120. The summed E-state index contributed by atoms with van der Waals surface area (Å²) < 4.78 is 25.0. The van der Waals surface area contributed by atoms with Crippen LogP contribution in [0.25, 0.3) is 0 Å². The topological polar surface area (TPSA) is 17.1 Å². The molecule has 4 heteroatoms. The minimum atomic E-state index is -2.59. The summed E-state index contributed by atoms with van der Waals surface area (Å²) in [6, 6.07) is 0. The third-order valence-corrected chi connectivity index (χ3v) is 2.11. The number of halogens is 2. The highest BCUT2D eigenvalue weighted by Gasteiger charge is 2.25. The summed E-state index contributed by atoms with van der Waals surface area (Å²) in [6.45, 7) is 2.83. The molecule has 0 bridgehead atoms. The van der Waals surface area contributed by atoms with Crippen LogP contribution in [-0.2, 0) is 4.79 Å². The molecule has 0 aliphatic heterocycles. The third-order valence-electron chi connectivity index (χ3n) is 1.29. The van der Waals surface area contributed by atoms with Crippen LogP contribution in [-0.4, -0.2) is 16.8 Å². The summed E-state index contributed by atoms with van der Waals surface area (Å²) in [5.41, 5.74) is 0. The third kappa shape index (κ3) is 6.28. The average Bonchev–Trinajstić information content (AvgIpc) is 1.87. The van der Waals surface area contributed by atoms with Gasteiger partial charge >= 0.3 is 0 Å². The lowest BCUT2D eigenvalue weighted by molar-refractivity contribution is -0.109. The van der Waals surface area contributed by atoms with Crippen molar-refractivity contribution in [3.8, 4) is 0 Å². The Morgan fingerprint density at radius 3 is 2.45 bits per heavy atom. The summed E-state index contributed by atoms with van der Waals surface area (Å²) in [7, 11) is 0. The second kappa shape index (κ2) is 4.70. The molecule has 0 fully saturated rings. The van der Waals surface area contributed by atoms with Gasteiger partial charge in [0, 0.05) is 25.5 Å². The number of hydrogen-bond donors (Lipinski definition) is 0. The van der Waals surface area contributed by atoms with Gasteiger partial charge in [-0.2, -0.15) is 0 Å². The molecule has 0 N–H and O–H groups in total. The van der Waals surface area contributed by atoms with E-state index in [2.05, 4.69) is 0 Å². The number of rotatable bonds is 4. The summed E-state index contributed by atoms with van der Waals surface area (Å²) in [5, 5.41) is -0.100. The fourth-order valence-corrected chi connectivity index (χ4v) is 1.21. The molecule has 0 aromatic carbocycles. The van der Waals surface area contributed by atoms with Gasteiger partial charge in [-0.1, -0.05) is 18.7 Å². The first kappa shape index (κ1) is 10.9. The van der Waals surface area contributed by atoms with Crippen LogP contribution in [0.2, 0.25) is 0 Å². The van der Waals surface area contributed by atoms with Crippen molar-refractivity contribution in [3.63, 3.8) is 0 Å². The molecule has 0 amide bonds. The predicted molar refractivity (Wildman–Crippen MR) is 43.0 cm³/mol. The predicted octanol–water partition coefficient (Wildman–Crippen LogP) is 2.70. The van der Waals surface area contributed by atoms with Gasteiger partial charge in [0.15, 0.2) is 5.12 Å². The van der Waals surface area contributed by atoms with Gasteiger partial charge in [0.25, 0.3) is 0 Å². The zero-order chi connectivity index (χ0) is 8.91. The van der Waals surface area contributed by atoms with Crippen molar-refractivity contribution in [1.82, 2.24) is 0 Å². The maximum atomic E-state index is 12.5. The van der Waals surface area contributed by atoms with Crippen molar-refractivity contribution in [3.05, 3.63) is 0 Å². The van der Waals surface area contributed by atoms with E-state index < -0.39 is 5.92 Å². The maximum absolute atomic E-state index is 12.5. The highest BCUT2D eigenvalue weighted by molar-refractivity contribution is 8.13. The van der Waals surface area contributed by atoms with Crippen LogP contribution in [0.4, 0.5) is 8.78 Å². The smallest absolute Gasteiger partial charge is 0.248 e. The molecule has 0 saturated heterocycles. The SMILES string of the molecule is CCC(F)(F)CCSC(C)=O. The highest BCUT2D eigenvalue weighted by Crippen LogP contribution is 2.24. The van der Waals surface area contributed by atoms with Crippen molar-refractivity contribution in [2.75, 3.05) is 5.75 Å². The molecule has 0 aliphatic carbocycles. The second-order valence-electron chi connectivity index (χ2n) is 2.30. The van der Waals surface area contributed by atoms with Crippen molar-refractivity contribution in [1.29, 1.82) is 0 Å². The molecule has 0 unspecified atom stereocenters. The normalized spacial score (nSPS) is 11.6. The van der Waals surface area contributed by atoms with Crippen LogP contribution in [0.5, 0.6) is 0 Å². The van der Waals surface area contributed by atoms with Gasteiger partial charge in [-0.05, 0) is 0 Å². The van der Waals surface area contributed by atoms with E-state index in [1.807, 2.05) is 0 Å². The number of hydrogen-bond acceptors (Lipinski definition) is 2. The van der Waals surface area contributed by atoms with Crippen LogP contribution in [0.15, 0.2) is 0 Å². The fourth-order valence-electron chi connectivity index (χ4n) is 0.521. The average molecular weight is 182 g/mol. The number of carbonyl (C=O) groups is 1. The number of thioether (sulfide) groups is 1. The van der Waals surface area contributed by atoms with E-state index in [4.69, 9.17) is 0 Å². The van der Waals surface area contributed by atoms with Gasteiger partial charge in [-0.15, -0.1) is 0 Å². The van der Waals surface area contributed by atoms with Gasteiger partial charge in [0.1, 0.15) is 0 Å². The molecule has 1 nitrogen and oxygen atoms in total. The fraction of sp³-hybridized carbons (Fsp3) is 0.857. The van der Waals surface area contributed by atoms with Crippen molar-refractivity contribution < 1.29 is 13.6 Å². The molecule has 0 radical (unpaired) electrons. The molecular weight excluding hydrogens is 170 g/mol. The molecule has 0 aliphatic rings. The van der Waals surface area contributed by atoms with E-state index >= 15 is 0 Å². The molecular formula is C7H12F2OS. The van der Waals surface area contributed by atoms with Crippen LogP contribution in [0.1, 0.15) is 26.7 Å². The Kier molecular flexibility index (Phi) is 4.65. The molecule has 0 saturated carbocycles. The zero-order valence-corrected chi connectivity index (χ0v) is 7.51. The molecule has 0 spiro atoms. The first-order valence-corrected chi connectivity index (χ1v) is 4.47. The Labute approximate surface area is 69.5 Å². The van der Waals surface area contributed by atoms with Crippen molar-refractivity contribution in [2.24, 2.45) is 0 Å². The first-order chi connectivity index (χ1) is 4.98. The van der Waals surface area contributed by atoms with E-state index in [-0.39, 0.29) is 23.7 Å². The van der Waals surface area contributed by atoms with Gasteiger partial charge in [0.05, 0.1) is 0 Å². The standard InChI is InChI=1S/C7H12F2OS/c1-3-7(8,9)4-5-11-6(2)10/h3-5H2,1-2H3. The first-order valence-electron chi connectivity index (χ1n) is 3.49. The molecule has 0 aromatic rings. The van der Waals surface area contributed by atoms with Gasteiger partial charge < -0.3 is 0 Å². The highest BCUT2D eigenvalue weighted by atomic mass is 32.2. The summed E-state index contributed by atoms with van der Waals surface area (Å²) >= 11 is 0.955. The summed E-state index contributed by atoms with van der Waals surface area (Å²) in [4.78, 5) is 10.3. The van der Waals surface area contributed by atoms with Gasteiger partial charge in [-0.3, -0.25) is 4.79 Å². The molecule has 11 heavy (non-hydrogen) atoms. The van der Waals surface area contributed by atoms with E-state index in [0.29, 0.717) is 0 Å². The Balaban J connectivity index is 3.45. The summed E-state index contributed by atoms with van der Waals surface area (Å²) in [5.74, 6) is -2.38. The molecule has 66 valence electrons. The van der Waals surface area contributed by atoms with Gasteiger partial charge in [0.2, 0.25) is 5.92 Å². The van der Waals surface area contributed by atoms with Crippen LogP contribution < -0.4 is 0 Å². The van der Waals surface area contributed by atoms with E-state index in [1.165, 1.54) is 13.8 Å². The number of alkyl halides is 2. The largest absolute Gasteiger partial charge is 0.288 e. The molecule has 0 heterocycles.